The summed E-state index contributed by atoms with van der Waals surface area (Å²) in [6, 6.07) is 1.60. The zero-order chi connectivity index (χ0) is 12.3. The summed E-state index contributed by atoms with van der Waals surface area (Å²) >= 11 is 3.19. The lowest BCUT2D eigenvalue weighted by Crippen LogP contribution is -2.47. The van der Waals surface area contributed by atoms with Gasteiger partial charge in [-0.2, -0.15) is 23.1 Å². The van der Waals surface area contributed by atoms with Gasteiger partial charge in [0, 0.05) is 23.4 Å². The van der Waals surface area contributed by atoms with Gasteiger partial charge in [0.05, 0.1) is 18.0 Å². The highest BCUT2D eigenvalue weighted by molar-refractivity contribution is 7.99. The fourth-order valence-electron chi connectivity index (χ4n) is 1.84. The summed E-state index contributed by atoms with van der Waals surface area (Å²) in [6.07, 6.45) is 0.0306. The van der Waals surface area contributed by atoms with Crippen LogP contribution in [0.15, 0.2) is 16.8 Å². The maximum absolute atomic E-state index is 12.2. The number of carbonyl (C=O) groups excluding carboxylic acids is 1. The number of hydrogen-bond acceptors (Lipinski definition) is 4. The first-order chi connectivity index (χ1) is 8.18. The van der Waals surface area contributed by atoms with Gasteiger partial charge in [0.15, 0.2) is 0 Å². The number of carboxylic acids is 1. The first-order valence-corrected chi connectivity index (χ1v) is 7.41. The van der Waals surface area contributed by atoms with Crippen LogP contribution in [0.3, 0.4) is 0 Å². The number of thiophene rings is 1. The highest BCUT2D eigenvalue weighted by Crippen LogP contribution is 2.22. The van der Waals surface area contributed by atoms with Gasteiger partial charge in [0.25, 0.3) is 5.91 Å². The Morgan fingerprint density at radius 2 is 2.35 bits per heavy atom. The second kappa shape index (κ2) is 5.55. The third-order valence-corrected chi connectivity index (χ3v) is 4.44. The quantitative estimate of drug-likeness (QED) is 0.910. The molecule has 1 N–H and O–H groups in total. The lowest BCUT2D eigenvalue weighted by molar-refractivity contribution is -0.138. The van der Waals surface area contributed by atoms with Crippen molar-refractivity contribution in [1.29, 1.82) is 0 Å². The number of carbonyl (C=O) groups is 2. The summed E-state index contributed by atoms with van der Waals surface area (Å²) in [7, 11) is 0. The zero-order valence-corrected chi connectivity index (χ0v) is 10.8. The molecule has 1 aromatic rings. The Bertz CT molecular complexity index is 405. The van der Waals surface area contributed by atoms with Gasteiger partial charge in [-0.15, -0.1) is 0 Å². The normalized spacial score (nSPS) is 20.2. The maximum atomic E-state index is 12.2. The number of nitrogens with zero attached hydrogens (tertiary/aromatic N) is 1. The van der Waals surface area contributed by atoms with Crippen molar-refractivity contribution in [2.75, 3.05) is 18.1 Å². The van der Waals surface area contributed by atoms with Crippen LogP contribution in [0.25, 0.3) is 0 Å². The number of thioether (sulfide) groups is 1. The summed E-state index contributed by atoms with van der Waals surface area (Å²) in [6.45, 7) is 0.636. The van der Waals surface area contributed by atoms with Crippen LogP contribution in [0.2, 0.25) is 0 Å². The van der Waals surface area contributed by atoms with E-state index in [1.165, 1.54) is 11.3 Å². The van der Waals surface area contributed by atoms with E-state index in [0.717, 1.165) is 5.75 Å². The van der Waals surface area contributed by atoms with Crippen molar-refractivity contribution in [3.8, 4) is 0 Å². The molecule has 1 saturated heterocycles. The number of amides is 1. The van der Waals surface area contributed by atoms with Crippen molar-refractivity contribution in [1.82, 2.24) is 4.90 Å². The van der Waals surface area contributed by atoms with Gasteiger partial charge in [-0.3, -0.25) is 9.59 Å². The molecule has 2 heterocycles. The van der Waals surface area contributed by atoms with Crippen molar-refractivity contribution in [2.45, 2.75) is 12.5 Å². The molecular formula is C11H13NO3S2. The van der Waals surface area contributed by atoms with Crippen molar-refractivity contribution >= 4 is 35.0 Å². The lowest BCUT2D eigenvalue weighted by atomic mass is 10.1. The molecule has 0 radical (unpaired) electrons. The van der Waals surface area contributed by atoms with Crippen LogP contribution >= 0.6 is 23.1 Å². The Kier molecular flexibility index (Phi) is 4.06. The summed E-state index contributed by atoms with van der Waals surface area (Å²) in [4.78, 5) is 24.7. The van der Waals surface area contributed by atoms with Crippen LogP contribution in [0.5, 0.6) is 0 Å². The second-order valence-corrected chi connectivity index (χ2v) is 5.77. The van der Waals surface area contributed by atoms with Crippen LogP contribution in [0.4, 0.5) is 0 Å². The summed E-state index contributed by atoms with van der Waals surface area (Å²) in [5.74, 6) is 0.701. The van der Waals surface area contributed by atoms with E-state index in [2.05, 4.69) is 0 Å². The highest BCUT2D eigenvalue weighted by atomic mass is 32.2. The minimum atomic E-state index is -0.847. The molecule has 1 amide bonds. The van der Waals surface area contributed by atoms with Gasteiger partial charge in [-0.25, -0.2) is 0 Å². The third-order valence-electron chi connectivity index (χ3n) is 2.67. The van der Waals surface area contributed by atoms with Crippen molar-refractivity contribution in [3.63, 3.8) is 0 Å². The molecule has 1 fully saturated rings. The largest absolute Gasteiger partial charge is 0.481 e. The topological polar surface area (TPSA) is 57.6 Å². The number of carboxylic acid groups (broad SMARTS) is 1. The predicted octanol–water partition coefficient (Wildman–Crippen LogP) is 1.78. The number of aliphatic carboxylic acids is 1. The minimum absolute atomic E-state index is 0.0306. The maximum Gasteiger partial charge on any atom is 0.305 e. The Labute approximate surface area is 108 Å². The van der Waals surface area contributed by atoms with Crippen LogP contribution in [0, 0.1) is 0 Å². The zero-order valence-electron chi connectivity index (χ0n) is 9.17. The molecule has 1 atom stereocenters. The van der Waals surface area contributed by atoms with E-state index >= 15 is 0 Å². The van der Waals surface area contributed by atoms with Crippen LogP contribution in [-0.4, -0.2) is 46.0 Å². The molecule has 6 heteroatoms. The van der Waals surface area contributed by atoms with E-state index in [1.54, 1.807) is 22.7 Å². The number of rotatable bonds is 3. The van der Waals surface area contributed by atoms with Crippen molar-refractivity contribution in [3.05, 3.63) is 22.4 Å². The summed E-state index contributed by atoms with van der Waals surface area (Å²) in [5, 5.41) is 12.5. The molecule has 1 aliphatic rings. The highest BCUT2D eigenvalue weighted by Gasteiger charge is 2.29. The van der Waals surface area contributed by atoms with Gasteiger partial charge in [0.1, 0.15) is 0 Å². The number of hydrogen-bond donors (Lipinski definition) is 1. The molecule has 1 aliphatic heterocycles. The molecule has 17 heavy (non-hydrogen) atoms. The molecule has 0 saturated carbocycles. The molecular weight excluding hydrogens is 258 g/mol. The Balaban J connectivity index is 2.10. The molecule has 2 rings (SSSR count). The Hall–Kier alpha value is -1.01. The van der Waals surface area contributed by atoms with Crippen LogP contribution in [-0.2, 0) is 4.79 Å². The molecule has 0 spiro atoms. The molecule has 92 valence electrons. The average Bonchev–Trinajstić information content (AvgIpc) is 2.81. The fraction of sp³-hybridized carbons (Fsp3) is 0.455. The first kappa shape index (κ1) is 12.4. The monoisotopic (exact) mass is 271 g/mol. The standard InChI is InChI=1S/C11H13NO3S2/c13-10(14)5-9-7-17-4-2-12(9)11(15)8-1-3-16-6-8/h1,3,6,9H,2,4-5,7H2,(H,13,14). The van der Waals surface area contributed by atoms with Gasteiger partial charge in [-0.05, 0) is 11.4 Å². The molecule has 4 nitrogen and oxygen atoms in total. The fourth-order valence-corrected chi connectivity index (χ4v) is 3.54. The van der Waals surface area contributed by atoms with Gasteiger partial charge >= 0.3 is 5.97 Å². The van der Waals surface area contributed by atoms with Crippen LogP contribution in [0.1, 0.15) is 16.8 Å². The van der Waals surface area contributed by atoms with E-state index in [-0.39, 0.29) is 18.4 Å². The molecule has 0 aromatic carbocycles. The Morgan fingerprint density at radius 3 is 3.00 bits per heavy atom. The molecule has 0 aliphatic carbocycles. The molecule has 1 aromatic heterocycles. The summed E-state index contributed by atoms with van der Waals surface area (Å²) in [5.41, 5.74) is 0.664. The van der Waals surface area contributed by atoms with Gasteiger partial charge in [0.2, 0.25) is 0 Å². The predicted molar refractivity (Wildman–Crippen MR) is 68.7 cm³/mol. The van der Waals surface area contributed by atoms with Crippen molar-refractivity contribution < 1.29 is 14.7 Å². The molecule has 0 bridgehead atoms. The van der Waals surface area contributed by atoms with E-state index < -0.39 is 5.97 Å². The van der Waals surface area contributed by atoms with E-state index in [9.17, 15) is 9.59 Å². The van der Waals surface area contributed by atoms with Gasteiger partial charge in [-0.1, -0.05) is 0 Å². The third kappa shape index (κ3) is 3.01. The van der Waals surface area contributed by atoms with Gasteiger partial charge < -0.3 is 10.0 Å². The SMILES string of the molecule is O=C(O)CC1CSCCN1C(=O)c1ccsc1. The van der Waals surface area contributed by atoms with Crippen molar-refractivity contribution in [2.24, 2.45) is 0 Å². The summed E-state index contributed by atoms with van der Waals surface area (Å²) < 4.78 is 0. The van der Waals surface area contributed by atoms with E-state index in [0.29, 0.717) is 17.9 Å². The second-order valence-electron chi connectivity index (χ2n) is 3.84. The van der Waals surface area contributed by atoms with E-state index in [1.807, 2.05) is 10.8 Å². The lowest BCUT2D eigenvalue weighted by Gasteiger charge is -2.34. The van der Waals surface area contributed by atoms with E-state index in [4.69, 9.17) is 5.11 Å². The minimum Gasteiger partial charge on any atom is -0.481 e. The van der Waals surface area contributed by atoms with Crippen LogP contribution < -0.4 is 0 Å². The molecule has 1 unspecified atom stereocenters. The Morgan fingerprint density at radius 1 is 1.53 bits per heavy atom. The smallest absolute Gasteiger partial charge is 0.305 e. The first-order valence-electron chi connectivity index (χ1n) is 5.31. The average molecular weight is 271 g/mol.